The fraction of sp³-hybridized carbons (Fsp3) is 0.600. The molecular weight excluding hydrogens is 205 g/mol. The van der Waals surface area contributed by atoms with Crippen LogP contribution in [0.25, 0.3) is 0 Å². The largest absolute Gasteiger partial charge is 0.301 e. The second-order valence-corrected chi connectivity index (χ2v) is 2.17. The maximum atomic E-state index is 3.89. The van der Waals surface area contributed by atoms with Crippen molar-refractivity contribution in [3.05, 3.63) is 12.9 Å². The Balaban J connectivity index is 0.000000810. The SMILES string of the molecule is [CH2-]n1nnc(C(C)C)n1.[Y]. The van der Waals surface area contributed by atoms with Crippen molar-refractivity contribution in [2.45, 2.75) is 19.8 Å². The van der Waals surface area contributed by atoms with Gasteiger partial charge in [-0.25, -0.2) is 0 Å². The minimum absolute atomic E-state index is 0. The van der Waals surface area contributed by atoms with Crippen molar-refractivity contribution in [2.75, 3.05) is 0 Å². The van der Waals surface area contributed by atoms with Crippen LogP contribution in [0.1, 0.15) is 25.6 Å². The summed E-state index contributed by atoms with van der Waals surface area (Å²) in [6, 6.07) is 0. The number of rotatable bonds is 1. The first-order chi connectivity index (χ1) is 4.20. The average Bonchev–Trinajstić information content (AvgIpc) is 2.14. The van der Waals surface area contributed by atoms with Crippen LogP contribution in [0, 0.1) is 7.05 Å². The van der Waals surface area contributed by atoms with Gasteiger partial charge < -0.3 is 4.80 Å². The van der Waals surface area contributed by atoms with E-state index in [1.54, 1.807) is 0 Å². The van der Waals surface area contributed by atoms with Gasteiger partial charge in [0.15, 0.2) is 5.82 Å². The molecule has 0 aliphatic rings. The van der Waals surface area contributed by atoms with Crippen molar-refractivity contribution in [1.82, 2.24) is 20.2 Å². The third kappa shape index (κ3) is 2.35. The van der Waals surface area contributed by atoms with E-state index in [0.717, 1.165) is 5.82 Å². The standard InChI is InChI=1S/C5H9N4.Y/c1-4(2)5-6-8-9(3)7-5;/h4H,3H2,1-2H3;/q-1;. The minimum Gasteiger partial charge on any atom is -0.301 e. The molecule has 1 radical (unpaired) electrons. The molecule has 0 saturated heterocycles. The molecule has 53 valence electrons. The summed E-state index contributed by atoms with van der Waals surface area (Å²) in [5.41, 5.74) is 0. The van der Waals surface area contributed by atoms with E-state index in [1.807, 2.05) is 13.8 Å². The molecule has 1 rings (SSSR count). The Hall–Kier alpha value is 0.0439. The summed E-state index contributed by atoms with van der Waals surface area (Å²) in [5, 5.41) is 11.2. The third-order valence-corrected chi connectivity index (χ3v) is 0.985. The smallest absolute Gasteiger partial charge is 0.174 e. The van der Waals surface area contributed by atoms with Gasteiger partial charge in [-0.15, -0.1) is 5.10 Å². The first-order valence-electron chi connectivity index (χ1n) is 2.81. The monoisotopic (exact) mass is 214 g/mol. The van der Waals surface area contributed by atoms with E-state index in [-0.39, 0.29) is 32.7 Å². The fourth-order valence-corrected chi connectivity index (χ4v) is 0.487. The van der Waals surface area contributed by atoms with E-state index in [2.05, 4.69) is 22.5 Å². The first kappa shape index (κ1) is 10.0. The average molecular weight is 214 g/mol. The number of hydrogen-bond donors (Lipinski definition) is 0. The summed E-state index contributed by atoms with van der Waals surface area (Å²) in [7, 11) is 3.46. The topological polar surface area (TPSA) is 43.6 Å². The molecule has 0 fully saturated rings. The zero-order chi connectivity index (χ0) is 6.85. The van der Waals surface area contributed by atoms with E-state index in [1.165, 1.54) is 4.80 Å². The molecule has 0 amide bonds. The Morgan fingerprint density at radius 2 is 2.10 bits per heavy atom. The summed E-state index contributed by atoms with van der Waals surface area (Å²) in [4.78, 5) is 1.22. The van der Waals surface area contributed by atoms with Crippen molar-refractivity contribution >= 4 is 0 Å². The van der Waals surface area contributed by atoms with Gasteiger partial charge in [0.2, 0.25) is 0 Å². The van der Waals surface area contributed by atoms with Crippen molar-refractivity contribution in [3.8, 4) is 0 Å². The quantitative estimate of drug-likeness (QED) is 0.637. The molecule has 5 heteroatoms. The number of hydrogen-bond acceptors (Lipinski definition) is 3. The van der Waals surface area contributed by atoms with Crippen LogP contribution in [0.3, 0.4) is 0 Å². The molecule has 0 aromatic carbocycles. The molecule has 1 aromatic heterocycles. The van der Waals surface area contributed by atoms with Crippen molar-refractivity contribution in [3.63, 3.8) is 0 Å². The van der Waals surface area contributed by atoms with Gasteiger partial charge >= 0.3 is 0 Å². The van der Waals surface area contributed by atoms with Gasteiger partial charge in [-0.3, -0.25) is 7.05 Å². The molecule has 10 heavy (non-hydrogen) atoms. The Kier molecular flexibility index (Phi) is 4.05. The summed E-state index contributed by atoms with van der Waals surface area (Å²) < 4.78 is 0. The molecule has 1 aromatic rings. The second kappa shape index (κ2) is 4.03. The van der Waals surface area contributed by atoms with E-state index in [4.69, 9.17) is 0 Å². The van der Waals surface area contributed by atoms with Gasteiger partial charge in [0.25, 0.3) is 0 Å². The molecule has 4 nitrogen and oxygen atoms in total. The Labute approximate surface area is 85.3 Å². The van der Waals surface area contributed by atoms with Gasteiger partial charge in [-0.1, -0.05) is 19.1 Å². The van der Waals surface area contributed by atoms with Crippen molar-refractivity contribution < 1.29 is 32.7 Å². The summed E-state index contributed by atoms with van der Waals surface area (Å²) >= 11 is 0. The molecule has 0 atom stereocenters. The van der Waals surface area contributed by atoms with Crippen LogP contribution >= 0.6 is 0 Å². The summed E-state index contributed by atoms with van der Waals surface area (Å²) in [6.45, 7) is 4.02. The van der Waals surface area contributed by atoms with Crippen LogP contribution in [0.2, 0.25) is 0 Å². The molecule has 0 aliphatic heterocycles. The predicted molar refractivity (Wildman–Crippen MR) is 32.7 cm³/mol. The number of aromatic nitrogens is 4. The zero-order valence-corrected chi connectivity index (χ0v) is 8.99. The normalized spacial score (nSPS) is 9.50. The van der Waals surface area contributed by atoms with Crippen LogP contribution in [0.4, 0.5) is 0 Å². The number of tetrazole rings is 1. The number of nitrogens with zero attached hydrogens (tertiary/aromatic N) is 4. The predicted octanol–water partition coefficient (Wildman–Crippen LogP) is 0.434. The van der Waals surface area contributed by atoms with E-state index < -0.39 is 0 Å². The van der Waals surface area contributed by atoms with Gasteiger partial charge in [0.05, 0.1) is 0 Å². The molecule has 0 spiro atoms. The molecular formula is C5H9N4Y-. The van der Waals surface area contributed by atoms with Crippen LogP contribution in [-0.2, 0) is 32.7 Å². The Morgan fingerprint density at radius 3 is 2.30 bits per heavy atom. The van der Waals surface area contributed by atoms with Crippen LogP contribution in [0.15, 0.2) is 0 Å². The Morgan fingerprint density at radius 1 is 1.50 bits per heavy atom. The maximum Gasteiger partial charge on any atom is 0.174 e. The fourth-order valence-electron chi connectivity index (χ4n) is 0.487. The van der Waals surface area contributed by atoms with E-state index in [9.17, 15) is 0 Å². The van der Waals surface area contributed by atoms with E-state index in [0.29, 0.717) is 5.92 Å². The molecule has 0 aliphatic carbocycles. The van der Waals surface area contributed by atoms with Gasteiger partial charge in [0, 0.05) is 38.6 Å². The third-order valence-electron chi connectivity index (χ3n) is 0.985. The van der Waals surface area contributed by atoms with Crippen LogP contribution in [-0.4, -0.2) is 20.2 Å². The van der Waals surface area contributed by atoms with Crippen molar-refractivity contribution in [2.24, 2.45) is 0 Å². The van der Waals surface area contributed by atoms with Crippen LogP contribution < -0.4 is 0 Å². The van der Waals surface area contributed by atoms with Crippen molar-refractivity contribution in [1.29, 1.82) is 0 Å². The van der Waals surface area contributed by atoms with Gasteiger partial charge in [-0.05, 0) is 0 Å². The molecule has 0 saturated carbocycles. The maximum absolute atomic E-state index is 3.89. The molecule has 0 unspecified atom stereocenters. The van der Waals surface area contributed by atoms with Gasteiger partial charge in [-0.2, -0.15) is 5.10 Å². The minimum atomic E-state index is 0. The summed E-state index contributed by atoms with van der Waals surface area (Å²) in [5.74, 6) is 1.07. The zero-order valence-electron chi connectivity index (χ0n) is 6.15. The Bertz CT molecular complexity index is 195. The first-order valence-corrected chi connectivity index (χ1v) is 2.81. The summed E-state index contributed by atoms with van der Waals surface area (Å²) in [6.07, 6.45) is 0. The van der Waals surface area contributed by atoms with Gasteiger partial charge in [0.1, 0.15) is 0 Å². The molecule has 0 bridgehead atoms. The van der Waals surface area contributed by atoms with E-state index >= 15 is 0 Å². The molecule has 1 heterocycles. The second-order valence-electron chi connectivity index (χ2n) is 2.17. The van der Waals surface area contributed by atoms with Crippen LogP contribution in [0.5, 0.6) is 0 Å². The molecule has 0 N–H and O–H groups in total.